The second kappa shape index (κ2) is 2.79. The van der Waals surface area contributed by atoms with Crippen molar-refractivity contribution < 1.29 is 4.74 Å². The van der Waals surface area contributed by atoms with Gasteiger partial charge in [-0.1, -0.05) is 6.07 Å². The average Bonchev–Trinajstić information content (AvgIpc) is 2.49. The molecule has 0 spiro atoms. The number of para-hydroxylation sites is 1. The number of nitrogens with zero attached hydrogens (tertiary/aromatic N) is 1. The van der Waals surface area contributed by atoms with Gasteiger partial charge in [0.05, 0.1) is 18.0 Å². The smallest absolute Gasteiger partial charge is 0.240 e. The predicted molar refractivity (Wildman–Crippen MR) is 50.3 cm³/mol. The average molecular weight is 227 g/mol. The lowest BCUT2D eigenvalue weighted by molar-refractivity contribution is 0.401. The third-order valence-corrected chi connectivity index (χ3v) is 2.37. The van der Waals surface area contributed by atoms with Gasteiger partial charge in [-0.2, -0.15) is 0 Å². The maximum atomic E-state index is 5.06. The Bertz CT molecular complexity index is 410. The van der Waals surface area contributed by atoms with Crippen molar-refractivity contribution in [2.45, 2.75) is 0 Å². The highest BCUT2D eigenvalue weighted by molar-refractivity contribution is 9.10. The molecule has 1 heterocycles. The maximum absolute atomic E-state index is 5.06. The second-order valence-electron chi connectivity index (χ2n) is 2.40. The molecule has 0 bridgehead atoms. The Morgan fingerprint density at radius 3 is 3.08 bits per heavy atom. The zero-order valence-corrected chi connectivity index (χ0v) is 8.05. The predicted octanol–water partition coefficient (Wildman–Crippen LogP) is 2.33. The van der Waals surface area contributed by atoms with Gasteiger partial charge in [-0.05, 0) is 28.1 Å². The molecule has 0 aliphatic rings. The Balaban J connectivity index is 2.80. The summed E-state index contributed by atoms with van der Waals surface area (Å²) in [6.45, 7) is 0. The first-order valence-electron chi connectivity index (χ1n) is 3.49. The number of aromatic amines is 1. The Kier molecular flexibility index (Phi) is 1.77. The van der Waals surface area contributed by atoms with Gasteiger partial charge in [-0.15, -0.1) is 5.10 Å². The standard InChI is InChI=1S/C8H7BrN2O/c1-12-8-5-3-2-4-6(9)7(5)10-11-8/h2-4H,1H3,(H,10,11). The van der Waals surface area contributed by atoms with Crippen LogP contribution in [-0.2, 0) is 0 Å². The summed E-state index contributed by atoms with van der Waals surface area (Å²) < 4.78 is 6.06. The topological polar surface area (TPSA) is 37.9 Å². The Labute approximate surface area is 77.9 Å². The van der Waals surface area contributed by atoms with Crippen LogP contribution in [-0.4, -0.2) is 17.3 Å². The van der Waals surface area contributed by atoms with E-state index in [1.165, 1.54) is 0 Å². The van der Waals surface area contributed by atoms with E-state index in [1.807, 2.05) is 18.2 Å². The lowest BCUT2D eigenvalue weighted by atomic mass is 10.2. The zero-order chi connectivity index (χ0) is 8.55. The molecule has 1 aromatic carbocycles. The van der Waals surface area contributed by atoms with Crippen molar-refractivity contribution in [3.8, 4) is 5.88 Å². The number of aromatic nitrogens is 2. The number of methoxy groups -OCH3 is 1. The van der Waals surface area contributed by atoms with E-state index in [2.05, 4.69) is 26.1 Å². The number of ether oxygens (including phenoxy) is 1. The summed E-state index contributed by atoms with van der Waals surface area (Å²) in [5, 5.41) is 7.88. The molecular formula is C8H7BrN2O. The molecule has 1 aromatic heterocycles. The van der Waals surface area contributed by atoms with Gasteiger partial charge in [0.15, 0.2) is 0 Å². The Morgan fingerprint density at radius 1 is 1.50 bits per heavy atom. The van der Waals surface area contributed by atoms with Gasteiger partial charge in [0, 0.05) is 4.47 Å². The minimum atomic E-state index is 0.631. The van der Waals surface area contributed by atoms with Crippen LogP contribution < -0.4 is 4.74 Å². The molecule has 0 radical (unpaired) electrons. The maximum Gasteiger partial charge on any atom is 0.240 e. The van der Waals surface area contributed by atoms with E-state index in [-0.39, 0.29) is 0 Å². The number of H-pyrrole nitrogens is 1. The molecule has 2 aromatic rings. The monoisotopic (exact) mass is 226 g/mol. The summed E-state index contributed by atoms with van der Waals surface area (Å²) >= 11 is 3.41. The fraction of sp³-hybridized carbons (Fsp3) is 0.125. The highest BCUT2D eigenvalue weighted by Gasteiger charge is 2.06. The van der Waals surface area contributed by atoms with Crippen LogP contribution in [0.5, 0.6) is 5.88 Å². The molecule has 62 valence electrons. The number of nitrogens with one attached hydrogen (secondary N) is 1. The molecular weight excluding hydrogens is 220 g/mol. The van der Waals surface area contributed by atoms with Gasteiger partial charge in [0.2, 0.25) is 5.88 Å². The van der Waals surface area contributed by atoms with Crippen molar-refractivity contribution in [1.29, 1.82) is 0 Å². The molecule has 4 heteroatoms. The molecule has 0 atom stereocenters. The van der Waals surface area contributed by atoms with Crippen molar-refractivity contribution >= 4 is 26.8 Å². The molecule has 0 amide bonds. The highest BCUT2D eigenvalue weighted by atomic mass is 79.9. The van der Waals surface area contributed by atoms with Crippen molar-refractivity contribution in [2.24, 2.45) is 0 Å². The van der Waals surface area contributed by atoms with Gasteiger partial charge >= 0.3 is 0 Å². The number of halogens is 1. The van der Waals surface area contributed by atoms with Crippen LogP contribution >= 0.6 is 15.9 Å². The van der Waals surface area contributed by atoms with E-state index < -0.39 is 0 Å². The van der Waals surface area contributed by atoms with Crippen LogP contribution in [0.2, 0.25) is 0 Å². The highest BCUT2D eigenvalue weighted by Crippen LogP contribution is 2.27. The summed E-state index contributed by atoms with van der Waals surface area (Å²) in [6.07, 6.45) is 0. The van der Waals surface area contributed by atoms with Gasteiger partial charge in [0.25, 0.3) is 0 Å². The van der Waals surface area contributed by atoms with Crippen molar-refractivity contribution in [1.82, 2.24) is 10.2 Å². The van der Waals surface area contributed by atoms with Crippen LogP contribution in [0.15, 0.2) is 22.7 Å². The molecule has 1 N–H and O–H groups in total. The summed E-state index contributed by atoms with van der Waals surface area (Å²) in [4.78, 5) is 0. The molecule has 0 aliphatic carbocycles. The third-order valence-electron chi connectivity index (χ3n) is 1.71. The number of hydrogen-bond donors (Lipinski definition) is 1. The van der Waals surface area contributed by atoms with Crippen molar-refractivity contribution in [3.05, 3.63) is 22.7 Å². The molecule has 12 heavy (non-hydrogen) atoms. The van der Waals surface area contributed by atoms with Crippen LogP contribution in [0, 0.1) is 0 Å². The molecule has 3 nitrogen and oxygen atoms in total. The van der Waals surface area contributed by atoms with Crippen molar-refractivity contribution in [2.75, 3.05) is 7.11 Å². The lowest BCUT2D eigenvalue weighted by Gasteiger charge is -1.93. The first-order chi connectivity index (χ1) is 5.83. The number of hydrogen-bond acceptors (Lipinski definition) is 2. The minimum Gasteiger partial charge on any atom is -0.480 e. The van der Waals surface area contributed by atoms with E-state index in [9.17, 15) is 0 Å². The summed E-state index contributed by atoms with van der Waals surface area (Å²) in [6, 6.07) is 5.87. The minimum absolute atomic E-state index is 0.631. The quantitative estimate of drug-likeness (QED) is 0.811. The number of rotatable bonds is 1. The third kappa shape index (κ3) is 0.992. The molecule has 0 saturated carbocycles. The van der Waals surface area contributed by atoms with E-state index in [0.717, 1.165) is 15.4 Å². The van der Waals surface area contributed by atoms with E-state index >= 15 is 0 Å². The van der Waals surface area contributed by atoms with Crippen molar-refractivity contribution in [3.63, 3.8) is 0 Å². The number of fused-ring (bicyclic) bond motifs is 1. The normalized spacial score (nSPS) is 10.5. The zero-order valence-electron chi connectivity index (χ0n) is 6.47. The lowest BCUT2D eigenvalue weighted by Crippen LogP contribution is -1.81. The molecule has 2 rings (SSSR count). The molecule has 0 fully saturated rings. The van der Waals surface area contributed by atoms with E-state index in [1.54, 1.807) is 7.11 Å². The molecule has 0 aliphatic heterocycles. The molecule has 0 unspecified atom stereocenters. The summed E-state index contributed by atoms with van der Waals surface area (Å²) in [5.74, 6) is 0.631. The number of benzene rings is 1. The summed E-state index contributed by atoms with van der Waals surface area (Å²) in [5.41, 5.74) is 0.967. The fourth-order valence-electron chi connectivity index (χ4n) is 1.14. The Morgan fingerprint density at radius 2 is 2.33 bits per heavy atom. The first kappa shape index (κ1) is 7.61. The van der Waals surface area contributed by atoms with Gasteiger partial charge in [-0.25, -0.2) is 0 Å². The SMILES string of the molecule is COc1n[nH]c2c(Br)cccc12. The van der Waals surface area contributed by atoms with Crippen LogP contribution in [0.3, 0.4) is 0 Å². The largest absolute Gasteiger partial charge is 0.480 e. The van der Waals surface area contributed by atoms with Gasteiger partial charge in [-0.3, -0.25) is 5.10 Å². The first-order valence-corrected chi connectivity index (χ1v) is 4.29. The van der Waals surface area contributed by atoms with Crippen LogP contribution in [0.1, 0.15) is 0 Å². The second-order valence-corrected chi connectivity index (χ2v) is 3.25. The van der Waals surface area contributed by atoms with Crippen LogP contribution in [0.4, 0.5) is 0 Å². The van der Waals surface area contributed by atoms with Gasteiger partial charge in [0.1, 0.15) is 0 Å². The van der Waals surface area contributed by atoms with Crippen LogP contribution in [0.25, 0.3) is 10.9 Å². The fourth-order valence-corrected chi connectivity index (χ4v) is 1.59. The summed E-state index contributed by atoms with van der Waals surface area (Å²) in [7, 11) is 1.61. The van der Waals surface area contributed by atoms with Gasteiger partial charge < -0.3 is 4.74 Å². The Hall–Kier alpha value is -1.03. The van der Waals surface area contributed by atoms with E-state index in [4.69, 9.17) is 4.74 Å². The van der Waals surface area contributed by atoms with E-state index in [0.29, 0.717) is 5.88 Å². The molecule has 0 saturated heterocycles.